The number of carbonyl (C=O) groups is 1. The average Bonchev–Trinajstić information content (AvgIpc) is 2.41. The van der Waals surface area contributed by atoms with Crippen molar-refractivity contribution >= 4 is 11.8 Å². The Hall–Kier alpha value is -2.12. The molecule has 1 aromatic heterocycles. The van der Waals surface area contributed by atoms with Crippen LogP contribution in [-0.4, -0.2) is 32.2 Å². The molecule has 0 unspecified atom stereocenters. The van der Waals surface area contributed by atoms with E-state index >= 15 is 0 Å². The summed E-state index contributed by atoms with van der Waals surface area (Å²) in [5.41, 5.74) is 0. The molecule has 82 valence electrons. The van der Waals surface area contributed by atoms with E-state index in [0.29, 0.717) is 5.82 Å². The standard InChI is InChI=1S/C7H9N3O5/c1-4-8-6(10(13)14)7(9(4)2)15-3-5(11)12/h3H2,1-2H3,(H,11,12). The van der Waals surface area contributed by atoms with Crippen LogP contribution < -0.4 is 4.74 Å². The van der Waals surface area contributed by atoms with Gasteiger partial charge in [0.15, 0.2) is 6.61 Å². The zero-order valence-electron chi connectivity index (χ0n) is 8.13. The highest BCUT2D eigenvalue weighted by Crippen LogP contribution is 2.25. The Balaban J connectivity index is 3.02. The lowest BCUT2D eigenvalue weighted by Gasteiger charge is -2.02. The number of aliphatic carboxylic acids is 1. The van der Waals surface area contributed by atoms with Crippen molar-refractivity contribution in [2.45, 2.75) is 6.92 Å². The topological polar surface area (TPSA) is 107 Å². The Morgan fingerprint density at radius 1 is 1.73 bits per heavy atom. The van der Waals surface area contributed by atoms with Gasteiger partial charge in [0.25, 0.3) is 5.88 Å². The molecule has 0 atom stereocenters. The minimum atomic E-state index is -1.21. The van der Waals surface area contributed by atoms with Crippen LogP contribution in [0.2, 0.25) is 0 Å². The molecule has 0 amide bonds. The molecule has 0 saturated carbocycles. The van der Waals surface area contributed by atoms with Gasteiger partial charge in [0, 0.05) is 14.0 Å². The molecule has 0 aliphatic heterocycles. The van der Waals surface area contributed by atoms with Crippen molar-refractivity contribution in [3.05, 3.63) is 15.9 Å². The fraction of sp³-hybridized carbons (Fsp3) is 0.429. The molecule has 0 radical (unpaired) electrons. The minimum Gasteiger partial charge on any atom is -0.479 e. The number of carboxylic acid groups (broad SMARTS) is 1. The highest BCUT2D eigenvalue weighted by Gasteiger charge is 2.25. The van der Waals surface area contributed by atoms with Gasteiger partial charge in [0.05, 0.1) is 0 Å². The summed E-state index contributed by atoms with van der Waals surface area (Å²) in [6.07, 6.45) is 0. The van der Waals surface area contributed by atoms with E-state index in [0.717, 1.165) is 0 Å². The maximum atomic E-state index is 10.5. The first-order chi connectivity index (χ1) is 6.93. The first-order valence-electron chi connectivity index (χ1n) is 3.95. The number of nitro groups is 1. The smallest absolute Gasteiger partial charge is 0.426 e. The normalized spacial score (nSPS) is 10.0. The molecule has 0 spiro atoms. The Kier molecular flexibility index (Phi) is 2.88. The number of ether oxygens (including phenoxy) is 1. The molecule has 0 aliphatic rings. The van der Waals surface area contributed by atoms with Crippen molar-refractivity contribution in [1.29, 1.82) is 0 Å². The van der Waals surface area contributed by atoms with E-state index in [2.05, 4.69) is 4.98 Å². The van der Waals surface area contributed by atoms with Crippen LogP contribution in [0.4, 0.5) is 5.82 Å². The molecule has 15 heavy (non-hydrogen) atoms. The SMILES string of the molecule is Cc1nc([N+](=O)[O-])c(OCC(=O)O)n1C. The zero-order chi connectivity index (χ0) is 11.6. The Labute approximate surface area is 84.3 Å². The van der Waals surface area contributed by atoms with E-state index in [4.69, 9.17) is 9.84 Å². The lowest BCUT2D eigenvalue weighted by Crippen LogP contribution is -2.12. The molecule has 0 aromatic carbocycles. The number of hydrogen-bond acceptors (Lipinski definition) is 5. The van der Waals surface area contributed by atoms with Crippen molar-refractivity contribution in [2.24, 2.45) is 7.05 Å². The van der Waals surface area contributed by atoms with E-state index in [1.54, 1.807) is 6.92 Å². The van der Waals surface area contributed by atoms with Crippen molar-refractivity contribution in [3.63, 3.8) is 0 Å². The molecule has 0 bridgehead atoms. The van der Waals surface area contributed by atoms with E-state index in [1.807, 2.05) is 0 Å². The zero-order valence-corrected chi connectivity index (χ0v) is 8.13. The first kappa shape index (κ1) is 11.0. The molecule has 1 heterocycles. The lowest BCUT2D eigenvalue weighted by atomic mass is 10.6. The first-order valence-corrected chi connectivity index (χ1v) is 3.95. The van der Waals surface area contributed by atoms with Crippen molar-refractivity contribution in [2.75, 3.05) is 6.61 Å². The predicted octanol–water partition coefficient (Wildman–Crippen LogP) is 0.100. The van der Waals surface area contributed by atoms with Crippen molar-refractivity contribution in [3.8, 4) is 5.88 Å². The maximum Gasteiger partial charge on any atom is 0.426 e. The second kappa shape index (κ2) is 3.95. The second-order valence-electron chi connectivity index (χ2n) is 2.79. The van der Waals surface area contributed by atoms with Gasteiger partial charge in [-0.1, -0.05) is 0 Å². The van der Waals surface area contributed by atoms with Crippen LogP contribution in [0.5, 0.6) is 5.88 Å². The molecule has 0 fully saturated rings. The number of rotatable bonds is 4. The number of aromatic nitrogens is 2. The molecule has 0 aliphatic carbocycles. The van der Waals surface area contributed by atoms with Crippen LogP contribution in [0.3, 0.4) is 0 Å². The van der Waals surface area contributed by atoms with E-state index in [9.17, 15) is 14.9 Å². The van der Waals surface area contributed by atoms with Crippen LogP contribution in [0.1, 0.15) is 5.82 Å². The number of hydrogen-bond donors (Lipinski definition) is 1. The van der Waals surface area contributed by atoms with Gasteiger partial charge in [-0.3, -0.25) is 4.57 Å². The predicted molar refractivity (Wildman–Crippen MR) is 47.7 cm³/mol. The fourth-order valence-electron chi connectivity index (χ4n) is 0.983. The second-order valence-corrected chi connectivity index (χ2v) is 2.79. The quantitative estimate of drug-likeness (QED) is 0.563. The number of imidazole rings is 1. The summed E-state index contributed by atoms with van der Waals surface area (Å²) in [6.45, 7) is 0.917. The monoisotopic (exact) mass is 215 g/mol. The van der Waals surface area contributed by atoms with Crippen LogP contribution in [-0.2, 0) is 11.8 Å². The number of nitrogens with zero attached hydrogens (tertiary/aromatic N) is 3. The van der Waals surface area contributed by atoms with Gasteiger partial charge >= 0.3 is 11.8 Å². The minimum absolute atomic E-state index is 0.153. The van der Waals surface area contributed by atoms with E-state index in [-0.39, 0.29) is 5.88 Å². The van der Waals surface area contributed by atoms with E-state index in [1.165, 1.54) is 11.6 Å². The highest BCUT2D eigenvalue weighted by atomic mass is 16.6. The summed E-state index contributed by atoms with van der Waals surface area (Å²) in [7, 11) is 1.51. The Morgan fingerprint density at radius 3 is 2.80 bits per heavy atom. The van der Waals surface area contributed by atoms with Crippen molar-refractivity contribution < 1.29 is 19.6 Å². The molecule has 0 saturated heterocycles. The molecular weight excluding hydrogens is 206 g/mol. The van der Waals surface area contributed by atoms with Gasteiger partial charge in [-0.05, 0) is 9.91 Å². The van der Waals surface area contributed by atoms with Gasteiger partial charge in [-0.15, -0.1) is 0 Å². The Bertz CT molecular complexity index is 411. The van der Waals surface area contributed by atoms with Gasteiger partial charge in [-0.25, -0.2) is 4.79 Å². The number of aryl methyl sites for hydroxylation is 1. The van der Waals surface area contributed by atoms with Crippen LogP contribution >= 0.6 is 0 Å². The molecule has 1 aromatic rings. The summed E-state index contributed by atoms with van der Waals surface area (Å²) in [4.78, 5) is 23.7. The molecule has 8 heteroatoms. The summed E-state index contributed by atoms with van der Waals surface area (Å²) in [5, 5.41) is 18.9. The van der Waals surface area contributed by atoms with Crippen LogP contribution in [0.25, 0.3) is 0 Å². The van der Waals surface area contributed by atoms with Gasteiger partial charge in [0.2, 0.25) is 5.82 Å². The Morgan fingerprint density at radius 2 is 2.33 bits per heavy atom. The average molecular weight is 215 g/mol. The largest absolute Gasteiger partial charge is 0.479 e. The van der Waals surface area contributed by atoms with Crippen LogP contribution in [0.15, 0.2) is 0 Å². The lowest BCUT2D eigenvalue weighted by molar-refractivity contribution is -0.390. The van der Waals surface area contributed by atoms with Crippen molar-refractivity contribution in [1.82, 2.24) is 9.55 Å². The fourth-order valence-corrected chi connectivity index (χ4v) is 0.983. The third kappa shape index (κ3) is 2.22. The summed E-state index contributed by atoms with van der Waals surface area (Å²) < 4.78 is 6.09. The maximum absolute atomic E-state index is 10.5. The number of carboxylic acids is 1. The summed E-state index contributed by atoms with van der Waals surface area (Å²) >= 11 is 0. The van der Waals surface area contributed by atoms with Crippen LogP contribution in [0, 0.1) is 17.0 Å². The summed E-state index contributed by atoms with van der Waals surface area (Å²) in [5.74, 6) is -1.46. The summed E-state index contributed by atoms with van der Waals surface area (Å²) in [6, 6.07) is 0. The molecule has 8 nitrogen and oxygen atoms in total. The van der Waals surface area contributed by atoms with E-state index < -0.39 is 23.3 Å². The van der Waals surface area contributed by atoms with Gasteiger partial charge in [0.1, 0.15) is 0 Å². The molecule has 1 rings (SSSR count). The van der Waals surface area contributed by atoms with Gasteiger partial charge < -0.3 is 20.0 Å². The molecule has 1 N–H and O–H groups in total. The third-order valence-electron chi connectivity index (χ3n) is 1.75. The molecular formula is C7H9N3O5. The van der Waals surface area contributed by atoms with Gasteiger partial charge in [-0.2, -0.15) is 0 Å². The highest BCUT2D eigenvalue weighted by molar-refractivity contribution is 5.68. The third-order valence-corrected chi connectivity index (χ3v) is 1.75.